The number of imidazole rings is 1. The molecular formula is C19H24N4O2. The molecule has 25 heavy (non-hydrogen) atoms. The number of fused-ring (bicyclic) bond motifs is 1. The van der Waals surface area contributed by atoms with Crippen LogP contribution < -0.4 is 5.32 Å². The molecule has 0 bridgehead atoms. The first-order chi connectivity index (χ1) is 12.0. The number of aliphatic hydroxyl groups is 1. The minimum atomic E-state index is -0.466. The molecule has 6 heteroatoms. The molecule has 1 aliphatic rings. The van der Waals surface area contributed by atoms with Crippen LogP contribution >= 0.6 is 0 Å². The van der Waals surface area contributed by atoms with Crippen LogP contribution in [-0.2, 0) is 13.1 Å². The van der Waals surface area contributed by atoms with Crippen molar-refractivity contribution in [3.63, 3.8) is 0 Å². The van der Waals surface area contributed by atoms with Gasteiger partial charge in [0.15, 0.2) is 5.69 Å². The zero-order valence-corrected chi connectivity index (χ0v) is 14.7. The van der Waals surface area contributed by atoms with Gasteiger partial charge in [-0.2, -0.15) is 0 Å². The molecule has 2 N–H and O–H groups in total. The molecule has 0 spiro atoms. The molecular weight excluding hydrogens is 316 g/mol. The molecule has 0 fully saturated rings. The van der Waals surface area contributed by atoms with Gasteiger partial charge in [-0.1, -0.05) is 42.5 Å². The Morgan fingerprint density at radius 1 is 1.36 bits per heavy atom. The second-order valence-corrected chi connectivity index (χ2v) is 6.54. The predicted molar refractivity (Wildman–Crippen MR) is 97.2 cm³/mol. The summed E-state index contributed by atoms with van der Waals surface area (Å²) in [6, 6.07) is 9.43. The molecule has 1 aromatic heterocycles. The quantitative estimate of drug-likeness (QED) is 0.812. The zero-order valence-electron chi connectivity index (χ0n) is 14.7. The van der Waals surface area contributed by atoms with Crippen LogP contribution in [0, 0.1) is 0 Å². The van der Waals surface area contributed by atoms with E-state index in [2.05, 4.69) is 26.3 Å². The number of nitrogens with one attached hydrogen (secondary N) is 1. The van der Waals surface area contributed by atoms with Crippen molar-refractivity contribution < 1.29 is 9.90 Å². The predicted octanol–water partition coefficient (Wildman–Crippen LogP) is 1.66. The van der Waals surface area contributed by atoms with E-state index in [0.717, 1.165) is 30.2 Å². The van der Waals surface area contributed by atoms with Crippen molar-refractivity contribution in [3.05, 3.63) is 53.9 Å². The molecule has 3 rings (SSSR count). The average molecular weight is 340 g/mol. The summed E-state index contributed by atoms with van der Waals surface area (Å²) in [7, 11) is 2.03. The highest BCUT2D eigenvalue weighted by Gasteiger charge is 2.27. The van der Waals surface area contributed by atoms with Gasteiger partial charge in [0.05, 0.1) is 18.3 Å². The van der Waals surface area contributed by atoms with Crippen molar-refractivity contribution in [2.75, 3.05) is 20.2 Å². The Morgan fingerprint density at radius 2 is 2.08 bits per heavy atom. The van der Waals surface area contributed by atoms with E-state index in [1.165, 1.54) is 0 Å². The number of carbonyl (C=O) groups excluding carboxylic acids is 1. The number of amides is 1. The van der Waals surface area contributed by atoms with Gasteiger partial charge in [0.25, 0.3) is 5.91 Å². The van der Waals surface area contributed by atoms with Crippen LogP contribution in [-0.4, -0.2) is 51.7 Å². The van der Waals surface area contributed by atoms with E-state index < -0.39 is 6.04 Å². The monoisotopic (exact) mass is 340 g/mol. The lowest BCUT2D eigenvalue weighted by Gasteiger charge is -2.26. The fourth-order valence-corrected chi connectivity index (χ4v) is 3.03. The van der Waals surface area contributed by atoms with Crippen LogP contribution in [0.3, 0.4) is 0 Å². The molecule has 0 unspecified atom stereocenters. The maximum absolute atomic E-state index is 12.8. The standard InChI is InChI=1S/C19H24N4O2/c1-13(2)15(12-24)20-19(25)17-16-11-22(3)9-10-23(16)18(21-17)14-7-5-4-6-8-14/h4-8,15,24H,1,9-12H2,2-3H3,(H,20,25)/t15-/m1/s1. The molecule has 1 atom stereocenters. The van der Waals surface area contributed by atoms with Gasteiger partial charge in [-0.15, -0.1) is 0 Å². The van der Waals surface area contributed by atoms with E-state index in [0.29, 0.717) is 17.8 Å². The van der Waals surface area contributed by atoms with E-state index in [1.807, 2.05) is 37.4 Å². The van der Waals surface area contributed by atoms with Crippen molar-refractivity contribution in [1.29, 1.82) is 0 Å². The summed E-state index contributed by atoms with van der Waals surface area (Å²) < 4.78 is 2.12. The summed E-state index contributed by atoms with van der Waals surface area (Å²) in [6.07, 6.45) is 0. The van der Waals surface area contributed by atoms with Crippen molar-refractivity contribution in [2.24, 2.45) is 0 Å². The molecule has 1 amide bonds. The summed E-state index contributed by atoms with van der Waals surface area (Å²) in [4.78, 5) is 19.6. The van der Waals surface area contributed by atoms with Crippen LogP contribution in [0.25, 0.3) is 11.4 Å². The number of likely N-dealkylation sites (N-methyl/N-ethyl adjacent to an activating group) is 1. The second-order valence-electron chi connectivity index (χ2n) is 6.54. The fraction of sp³-hybridized carbons (Fsp3) is 0.368. The summed E-state index contributed by atoms with van der Waals surface area (Å²) in [5.41, 5.74) is 3.03. The van der Waals surface area contributed by atoms with Gasteiger partial charge >= 0.3 is 0 Å². The molecule has 1 aromatic carbocycles. The number of rotatable bonds is 5. The van der Waals surface area contributed by atoms with Gasteiger partial charge < -0.3 is 15.0 Å². The molecule has 0 aliphatic carbocycles. The number of hydrogen-bond acceptors (Lipinski definition) is 4. The molecule has 2 heterocycles. The van der Waals surface area contributed by atoms with Gasteiger partial charge in [-0.25, -0.2) is 4.98 Å². The molecule has 132 valence electrons. The Hall–Kier alpha value is -2.44. The largest absolute Gasteiger partial charge is 0.394 e. The highest BCUT2D eigenvalue weighted by molar-refractivity contribution is 5.94. The van der Waals surface area contributed by atoms with Crippen LogP contribution in [0.15, 0.2) is 42.5 Å². The molecule has 0 radical (unpaired) electrons. The number of aliphatic hydroxyl groups excluding tert-OH is 1. The molecule has 1 aliphatic heterocycles. The third-order valence-electron chi connectivity index (χ3n) is 4.53. The number of aromatic nitrogens is 2. The normalized spacial score (nSPS) is 15.5. The number of benzene rings is 1. The van der Waals surface area contributed by atoms with Crippen LogP contribution in [0.2, 0.25) is 0 Å². The van der Waals surface area contributed by atoms with Gasteiger partial charge in [0.1, 0.15) is 5.82 Å². The third-order valence-corrected chi connectivity index (χ3v) is 4.53. The van der Waals surface area contributed by atoms with Crippen molar-refractivity contribution in [2.45, 2.75) is 26.1 Å². The SMILES string of the molecule is C=C(C)[C@@H](CO)NC(=O)c1nc(-c2ccccc2)n2c1CN(C)CC2. The number of carbonyl (C=O) groups is 1. The van der Waals surface area contributed by atoms with Crippen molar-refractivity contribution in [1.82, 2.24) is 19.8 Å². The number of nitrogens with zero attached hydrogens (tertiary/aromatic N) is 3. The Labute approximate surface area is 147 Å². The lowest BCUT2D eigenvalue weighted by molar-refractivity contribution is 0.0919. The Morgan fingerprint density at radius 3 is 2.72 bits per heavy atom. The van der Waals surface area contributed by atoms with E-state index in [9.17, 15) is 9.90 Å². The van der Waals surface area contributed by atoms with Crippen LogP contribution in [0.5, 0.6) is 0 Å². The maximum atomic E-state index is 12.8. The summed E-state index contributed by atoms with van der Waals surface area (Å²) in [5, 5.41) is 12.3. The third kappa shape index (κ3) is 3.50. The van der Waals surface area contributed by atoms with Crippen LogP contribution in [0.1, 0.15) is 23.1 Å². The lowest BCUT2D eigenvalue weighted by Crippen LogP contribution is -2.39. The smallest absolute Gasteiger partial charge is 0.272 e. The maximum Gasteiger partial charge on any atom is 0.272 e. The first kappa shape index (κ1) is 17.4. The first-order valence-electron chi connectivity index (χ1n) is 8.41. The summed E-state index contributed by atoms with van der Waals surface area (Å²) in [5.74, 6) is 0.535. The van der Waals surface area contributed by atoms with E-state index >= 15 is 0 Å². The Kier molecular flexibility index (Phi) is 5.01. The topological polar surface area (TPSA) is 70.4 Å². The zero-order chi connectivity index (χ0) is 18.0. The minimum absolute atomic E-state index is 0.178. The Bertz CT molecular complexity index is 782. The van der Waals surface area contributed by atoms with Crippen LogP contribution in [0.4, 0.5) is 0 Å². The van der Waals surface area contributed by atoms with Gasteiger partial charge in [-0.3, -0.25) is 9.69 Å². The minimum Gasteiger partial charge on any atom is -0.394 e. The molecule has 6 nitrogen and oxygen atoms in total. The van der Waals surface area contributed by atoms with E-state index in [-0.39, 0.29) is 12.5 Å². The van der Waals surface area contributed by atoms with Gasteiger partial charge in [-0.05, 0) is 14.0 Å². The van der Waals surface area contributed by atoms with Gasteiger partial charge in [0, 0.05) is 25.2 Å². The first-order valence-corrected chi connectivity index (χ1v) is 8.41. The average Bonchev–Trinajstić information content (AvgIpc) is 2.98. The fourth-order valence-electron chi connectivity index (χ4n) is 3.03. The molecule has 0 saturated carbocycles. The lowest BCUT2D eigenvalue weighted by atomic mass is 10.1. The Balaban J connectivity index is 2.00. The second kappa shape index (κ2) is 7.21. The van der Waals surface area contributed by atoms with Crippen molar-refractivity contribution in [3.8, 4) is 11.4 Å². The highest BCUT2D eigenvalue weighted by Crippen LogP contribution is 2.26. The molecule has 0 saturated heterocycles. The van der Waals surface area contributed by atoms with Gasteiger partial charge in [0.2, 0.25) is 0 Å². The summed E-state index contributed by atoms with van der Waals surface area (Å²) in [6.45, 7) is 7.79. The highest BCUT2D eigenvalue weighted by atomic mass is 16.3. The van der Waals surface area contributed by atoms with E-state index in [1.54, 1.807) is 6.92 Å². The molecule has 2 aromatic rings. The van der Waals surface area contributed by atoms with E-state index in [4.69, 9.17) is 0 Å². The number of hydrogen-bond donors (Lipinski definition) is 2. The summed E-state index contributed by atoms with van der Waals surface area (Å²) >= 11 is 0. The van der Waals surface area contributed by atoms with Crippen molar-refractivity contribution >= 4 is 5.91 Å².